The molecule has 1 amide bonds. The van der Waals surface area contributed by atoms with Gasteiger partial charge in [-0.3, -0.25) is 4.79 Å². The Morgan fingerprint density at radius 3 is 2.80 bits per heavy atom. The van der Waals surface area contributed by atoms with Crippen molar-refractivity contribution >= 4 is 30.1 Å². The molecule has 0 aromatic carbocycles. The second-order valence-electron chi connectivity index (χ2n) is 5.58. The van der Waals surface area contributed by atoms with Gasteiger partial charge in [0, 0.05) is 37.2 Å². The number of amides is 1. The first-order valence-electron chi connectivity index (χ1n) is 7.37. The van der Waals surface area contributed by atoms with Crippen LogP contribution < -0.4 is 5.32 Å². The van der Waals surface area contributed by atoms with Crippen LogP contribution in [0.2, 0.25) is 0 Å². The van der Waals surface area contributed by atoms with E-state index in [0.717, 1.165) is 25.4 Å². The van der Waals surface area contributed by atoms with Crippen molar-refractivity contribution in [2.75, 3.05) is 45.6 Å². The molecule has 1 saturated heterocycles. The van der Waals surface area contributed by atoms with E-state index >= 15 is 0 Å². The predicted octanol–water partition coefficient (Wildman–Crippen LogP) is 1.92. The Morgan fingerprint density at radius 1 is 1.35 bits per heavy atom. The molecule has 1 aliphatic heterocycles. The molecule has 0 aromatic heterocycles. The summed E-state index contributed by atoms with van der Waals surface area (Å²) in [6, 6.07) is 0. The number of methoxy groups -OCH3 is 1. The van der Waals surface area contributed by atoms with Crippen molar-refractivity contribution in [1.29, 1.82) is 0 Å². The van der Waals surface area contributed by atoms with Crippen molar-refractivity contribution in [3.8, 4) is 0 Å². The summed E-state index contributed by atoms with van der Waals surface area (Å²) in [6.07, 6.45) is 6.62. The Labute approximate surface area is 132 Å². The zero-order chi connectivity index (χ0) is 13.6. The molecule has 2 aliphatic rings. The Balaban J connectivity index is 0.00000200. The predicted molar refractivity (Wildman–Crippen MR) is 86.8 cm³/mol. The lowest BCUT2D eigenvalue weighted by molar-refractivity contribution is -0.130. The van der Waals surface area contributed by atoms with Gasteiger partial charge in [0.1, 0.15) is 0 Å². The van der Waals surface area contributed by atoms with E-state index in [0.29, 0.717) is 17.9 Å². The van der Waals surface area contributed by atoms with E-state index in [-0.39, 0.29) is 18.3 Å². The number of ether oxygens (including phenoxy) is 1. The molecule has 0 atom stereocenters. The number of thioether (sulfide) groups is 1. The van der Waals surface area contributed by atoms with Crippen LogP contribution in [0.1, 0.15) is 32.1 Å². The van der Waals surface area contributed by atoms with Crippen LogP contribution in [0, 0.1) is 0 Å². The summed E-state index contributed by atoms with van der Waals surface area (Å²) >= 11 is 2.11. The molecule has 2 fully saturated rings. The average Bonchev–Trinajstić information content (AvgIpc) is 2.44. The molecule has 0 unspecified atom stereocenters. The standard InChI is InChI=1S/C14H26N2O2S.ClH/c1-18-9-7-15-11-13(17)16-8-10-19-14(12-16)5-3-2-4-6-14;/h15H,2-12H2,1H3;1H. The van der Waals surface area contributed by atoms with Gasteiger partial charge in [-0.15, -0.1) is 12.4 Å². The van der Waals surface area contributed by atoms with Crippen molar-refractivity contribution in [3.63, 3.8) is 0 Å². The van der Waals surface area contributed by atoms with E-state index in [1.807, 2.05) is 0 Å². The molecule has 2 rings (SSSR count). The molecule has 20 heavy (non-hydrogen) atoms. The van der Waals surface area contributed by atoms with Gasteiger partial charge in [-0.2, -0.15) is 11.8 Å². The summed E-state index contributed by atoms with van der Waals surface area (Å²) in [5.74, 6) is 1.35. The highest BCUT2D eigenvalue weighted by Gasteiger charge is 2.38. The van der Waals surface area contributed by atoms with Gasteiger partial charge < -0.3 is 15.0 Å². The fourth-order valence-electron chi connectivity index (χ4n) is 3.04. The zero-order valence-corrected chi connectivity index (χ0v) is 14.0. The van der Waals surface area contributed by atoms with E-state index in [4.69, 9.17) is 4.74 Å². The van der Waals surface area contributed by atoms with Gasteiger partial charge >= 0.3 is 0 Å². The highest BCUT2D eigenvalue weighted by Crippen LogP contribution is 2.42. The number of nitrogens with zero attached hydrogens (tertiary/aromatic N) is 1. The summed E-state index contributed by atoms with van der Waals surface area (Å²) in [5.41, 5.74) is 0. The van der Waals surface area contributed by atoms with Gasteiger partial charge in [0.2, 0.25) is 5.91 Å². The quantitative estimate of drug-likeness (QED) is 0.785. The van der Waals surface area contributed by atoms with E-state index < -0.39 is 0 Å². The monoisotopic (exact) mass is 322 g/mol. The van der Waals surface area contributed by atoms with Gasteiger partial charge in [0.15, 0.2) is 0 Å². The van der Waals surface area contributed by atoms with Crippen LogP contribution in [-0.4, -0.2) is 61.2 Å². The Morgan fingerprint density at radius 2 is 2.10 bits per heavy atom. The molecular weight excluding hydrogens is 296 g/mol. The SMILES string of the molecule is COCCNCC(=O)N1CCSC2(CCCCC2)C1.Cl. The molecule has 1 N–H and O–H groups in total. The van der Waals surface area contributed by atoms with Crippen LogP contribution >= 0.6 is 24.2 Å². The fraction of sp³-hybridized carbons (Fsp3) is 0.929. The number of carbonyl (C=O) groups is 1. The van der Waals surface area contributed by atoms with Gasteiger partial charge in [0.25, 0.3) is 0 Å². The number of hydrogen-bond donors (Lipinski definition) is 1. The van der Waals surface area contributed by atoms with Crippen LogP contribution in [0.15, 0.2) is 0 Å². The third-order valence-electron chi connectivity index (χ3n) is 4.13. The van der Waals surface area contributed by atoms with E-state index in [2.05, 4.69) is 22.0 Å². The number of hydrogen-bond acceptors (Lipinski definition) is 4. The average molecular weight is 323 g/mol. The van der Waals surface area contributed by atoms with Crippen molar-refractivity contribution < 1.29 is 9.53 Å². The summed E-state index contributed by atoms with van der Waals surface area (Å²) in [5, 5.41) is 3.15. The fourth-order valence-corrected chi connectivity index (χ4v) is 4.61. The third-order valence-corrected chi connectivity index (χ3v) is 5.66. The first-order chi connectivity index (χ1) is 9.26. The van der Waals surface area contributed by atoms with Crippen LogP contribution in [0.25, 0.3) is 0 Å². The van der Waals surface area contributed by atoms with E-state index in [1.165, 1.54) is 32.1 Å². The van der Waals surface area contributed by atoms with Gasteiger partial charge in [-0.1, -0.05) is 19.3 Å². The molecular formula is C14H27ClN2O2S. The second-order valence-corrected chi connectivity index (χ2v) is 7.14. The van der Waals surface area contributed by atoms with Gasteiger partial charge in [-0.05, 0) is 12.8 Å². The Kier molecular flexibility index (Phi) is 8.25. The highest BCUT2D eigenvalue weighted by molar-refractivity contribution is 8.00. The van der Waals surface area contributed by atoms with Crippen molar-refractivity contribution in [3.05, 3.63) is 0 Å². The number of halogens is 1. The minimum atomic E-state index is 0. The minimum Gasteiger partial charge on any atom is -0.383 e. The van der Waals surface area contributed by atoms with Gasteiger partial charge in [-0.25, -0.2) is 0 Å². The minimum absolute atomic E-state index is 0. The first kappa shape index (κ1) is 18.1. The van der Waals surface area contributed by atoms with Crippen LogP contribution in [0.3, 0.4) is 0 Å². The van der Waals surface area contributed by atoms with E-state index in [9.17, 15) is 4.79 Å². The highest BCUT2D eigenvalue weighted by atomic mass is 35.5. The maximum absolute atomic E-state index is 12.2. The molecule has 1 heterocycles. The molecule has 0 radical (unpaired) electrons. The van der Waals surface area contributed by atoms with Crippen molar-refractivity contribution in [2.24, 2.45) is 0 Å². The molecule has 1 spiro atoms. The lowest BCUT2D eigenvalue weighted by Crippen LogP contribution is -2.52. The number of nitrogens with one attached hydrogen (secondary N) is 1. The van der Waals surface area contributed by atoms with Crippen molar-refractivity contribution in [2.45, 2.75) is 36.9 Å². The lowest BCUT2D eigenvalue weighted by Gasteiger charge is -2.44. The molecule has 1 saturated carbocycles. The zero-order valence-electron chi connectivity index (χ0n) is 12.4. The van der Waals surface area contributed by atoms with Gasteiger partial charge in [0.05, 0.1) is 13.2 Å². The summed E-state index contributed by atoms with van der Waals surface area (Å²) in [6.45, 7) is 3.73. The normalized spacial score (nSPS) is 21.6. The molecule has 0 aromatic rings. The summed E-state index contributed by atoms with van der Waals surface area (Å²) < 4.78 is 5.34. The second kappa shape index (κ2) is 9.13. The largest absolute Gasteiger partial charge is 0.383 e. The molecule has 6 heteroatoms. The maximum atomic E-state index is 12.2. The molecule has 4 nitrogen and oxygen atoms in total. The first-order valence-corrected chi connectivity index (χ1v) is 8.36. The molecule has 0 bridgehead atoms. The number of carbonyl (C=O) groups excluding carboxylic acids is 1. The summed E-state index contributed by atoms with van der Waals surface area (Å²) in [4.78, 5) is 14.3. The van der Waals surface area contributed by atoms with Crippen molar-refractivity contribution in [1.82, 2.24) is 10.2 Å². The van der Waals surface area contributed by atoms with Crippen LogP contribution in [0.4, 0.5) is 0 Å². The Bertz CT molecular complexity index is 293. The Hall–Kier alpha value is 0.0300. The van der Waals surface area contributed by atoms with E-state index in [1.54, 1.807) is 7.11 Å². The third kappa shape index (κ3) is 5.10. The number of rotatable bonds is 5. The van der Waals surface area contributed by atoms with Crippen LogP contribution in [-0.2, 0) is 9.53 Å². The smallest absolute Gasteiger partial charge is 0.236 e. The summed E-state index contributed by atoms with van der Waals surface area (Å²) in [7, 11) is 1.68. The maximum Gasteiger partial charge on any atom is 0.236 e. The topological polar surface area (TPSA) is 41.6 Å². The molecule has 1 aliphatic carbocycles. The lowest BCUT2D eigenvalue weighted by atomic mass is 9.87. The van der Waals surface area contributed by atoms with Crippen LogP contribution in [0.5, 0.6) is 0 Å². The molecule has 118 valence electrons.